The number of pyridine rings is 1. The van der Waals surface area contributed by atoms with Crippen LogP contribution < -0.4 is 4.90 Å². The van der Waals surface area contributed by atoms with E-state index in [9.17, 15) is 4.79 Å². The van der Waals surface area contributed by atoms with E-state index in [0.717, 1.165) is 23.4 Å². The van der Waals surface area contributed by atoms with Crippen molar-refractivity contribution in [3.8, 4) is 0 Å². The highest BCUT2D eigenvalue weighted by Crippen LogP contribution is 2.24. The molecule has 0 atom stereocenters. The van der Waals surface area contributed by atoms with Gasteiger partial charge in [-0.3, -0.25) is 9.69 Å². The molecule has 0 bridgehead atoms. The first kappa shape index (κ1) is 11.7. The lowest BCUT2D eigenvalue weighted by molar-refractivity contribution is -0.114. The van der Waals surface area contributed by atoms with Gasteiger partial charge in [-0.1, -0.05) is 36.4 Å². The summed E-state index contributed by atoms with van der Waals surface area (Å²) in [6.45, 7) is 0.713. The van der Waals surface area contributed by atoms with Gasteiger partial charge < -0.3 is 0 Å². The van der Waals surface area contributed by atoms with Crippen LogP contribution in [0.3, 0.4) is 0 Å². The van der Waals surface area contributed by atoms with Crippen molar-refractivity contribution in [2.45, 2.75) is 6.42 Å². The lowest BCUT2D eigenvalue weighted by Crippen LogP contribution is -2.27. The Labute approximate surface area is 112 Å². The van der Waals surface area contributed by atoms with Gasteiger partial charge in [-0.25, -0.2) is 4.98 Å². The molecule has 19 heavy (non-hydrogen) atoms. The maximum atomic E-state index is 12.2. The second kappa shape index (κ2) is 5.06. The van der Waals surface area contributed by atoms with Gasteiger partial charge in [-0.15, -0.1) is 0 Å². The Bertz CT molecular complexity index is 620. The zero-order valence-electron chi connectivity index (χ0n) is 10.5. The number of aromatic nitrogens is 1. The highest BCUT2D eigenvalue weighted by Gasteiger charge is 2.23. The van der Waals surface area contributed by atoms with Crippen molar-refractivity contribution in [3.05, 3.63) is 65.9 Å². The fraction of sp³-hybridized carbons (Fsp3) is 0.125. The normalized spacial score (nSPS) is 13.8. The average molecular weight is 250 g/mol. The summed E-state index contributed by atoms with van der Waals surface area (Å²) in [5, 5.41) is 0. The minimum Gasteiger partial charge on any atom is -0.293 e. The van der Waals surface area contributed by atoms with Crippen LogP contribution in [0, 0.1) is 0 Å². The van der Waals surface area contributed by atoms with Crippen LogP contribution in [0.2, 0.25) is 0 Å². The molecule has 1 aromatic heterocycles. The average Bonchev–Trinajstić information content (AvgIpc) is 2.90. The number of fused-ring (bicyclic) bond motifs is 1. The second-order valence-electron chi connectivity index (χ2n) is 4.47. The largest absolute Gasteiger partial charge is 0.293 e. The van der Waals surface area contributed by atoms with Crippen LogP contribution in [0.1, 0.15) is 11.1 Å². The Balaban J connectivity index is 1.78. The number of hydrogen-bond donors (Lipinski definition) is 0. The number of hydrogen-bond acceptors (Lipinski definition) is 2. The Hall–Kier alpha value is -2.42. The van der Waals surface area contributed by atoms with E-state index in [2.05, 4.69) is 4.98 Å². The first-order valence-corrected chi connectivity index (χ1v) is 6.33. The van der Waals surface area contributed by atoms with Crippen LogP contribution in [0.15, 0.2) is 54.7 Å². The predicted molar refractivity (Wildman–Crippen MR) is 75.8 cm³/mol. The molecule has 0 unspecified atom stereocenters. The minimum atomic E-state index is -0.0127. The van der Waals surface area contributed by atoms with E-state index in [1.165, 1.54) is 0 Å². The molecule has 3 rings (SSSR count). The van der Waals surface area contributed by atoms with E-state index in [-0.39, 0.29) is 5.91 Å². The van der Waals surface area contributed by atoms with E-state index in [0.29, 0.717) is 6.54 Å². The molecule has 0 aliphatic carbocycles. The smallest absolute Gasteiger partial charge is 0.252 e. The molecule has 0 radical (unpaired) electrons. The third-order valence-corrected chi connectivity index (χ3v) is 3.21. The summed E-state index contributed by atoms with van der Waals surface area (Å²) in [4.78, 5) is 18.2. The number of amides is 1. The van der Waals surface area contributed by atoms with E-state index in [1.807, 2.05) is 48.5 Å². The highest BCUT2D eigenvalue weighted by molar-refractivity contribution is 6.04. The Kier molecular flexibility index (Phi) is 3.11. The third kappa shape index (κ3) is 2.40. The molecule has 1 aliphatic rings. The molecule has 1 aromatic carbocycles. The standard InChI is InChI=1S/C16H14N2O/c19-15(9-8-13-5-2-1-3-6-13)18-12-10-14-7-4-11-17-16(14)18/h1-9,11H,10,12H2/b9-8+. The van der Waals surface area contributed by atoms with E-state index in [1.54, 1.807) is 17.2 Å². The SMILES string of the molecule is O=C(/C=C/c1ccccc1)N1CCc2cccnc21. The predicted octanol–water partition coefficient (Wildman–Crippen LogP) is 2.68. The summed E-state index contributed by atoms with van der Waals surface area (Å²) in [7, 11) is 0. The van der Waals surface area contributed by atoms with Crippen LogP contribution in [0.4, 0.5) is 5.82 Å². The number of rotatable bonds is 2. The molecule has 2 heterocycles. The van der Waals surface area contributed by atoms with Crippen molar-refractivity contribution in [2.75, 3.05) is 11.4 Å². The van der Waals surface area contributed by atoms with Gasteiger partial charge in [0.15, 0.2) is 0 Å². The molecule has 0 fully saturated rings. The Morgan fingerprint density at radius 2 is 2.00 bits per heavy atom. The number of nitrogens with zero attached hydrogens (tertiary/aromatic N) is 2. The molecular formula is C16H14N2O. The molecule has 3 nitrogen and oxygen atoms in total. The monoisotopic (exact) mass is 250 g/mol. The van der Waals surface area contributed by atoms with E-state index in [4.69, 9.17) is 0 Å². The summed E-state index contributed by atoms with van der Waals surface area (Å²) in [6, 6.07) is 13.7. The molecule has 1 aliphatic heterocycles. The molecule has 0 N–H and O–H groups in total. The van der Waals surface area contributed by atoms with Gasteiger partial charge in [-0.2, -0.15) is 0 Å². The van der Waals surface area contributed by atoms with Crippen LogP contribution in [-0.4, -0.2) is 17.4 Å². The number of anilines is 1. The maximum absolute atomic E-state index is 12.2. The van der Waals surface area contributed by atoms with Crippen LogP contribution in [0.5, 0.6) is 0 Å². The molecule has 3 heteroatoms. The summed E-state index contributed by atoms with van der Waals surface area (Å²) in [6.07, 6.45) is 6.06. The first-order valence-electron chi connectivity index (χ1n) is 6.33. The number of carbonyl (C=O) groups is 1. The molecule has 0 saturated heterocycles. The molecule has 0 saturated carbocycles. The molecular weight excluding hydrogens is 236 g/mol. The molecule has 94 valence electrons. The maximum Gasteiger partial charge on any atom is 0.252 e. The Morgan fingerprint density at radius 3 is 2.84 bits per heavy atom. The van der Waals surface area contributed by atoms with Gasteiger partial charge in [0.2, 0.25) is 0 Å². The van der Waals surface area contributed by atoms with Gasteiger partial charge >= 0.3 is 0 Å². The van der Waals surface area contributed by atoms with E-state index >= 15 is 0 Å². The summed E-state index contributed by atoms with van der Waals surface area (Å²) < 4.78 is 0. The van der Waals surface area contributed by atoms with Crippen LogP contribution >= 0.6 is 0 Å². The van der Waals surface area contributed by atoms with Gasteiger partial charge in [0.1, 0.15) is 5.82 Å². The summed E-state index contributed by atoms with van der Waals surface area (Å²) in [5.74, 6) is 0.784. The van der Waals surface area contributed by atoms with Crippen LogP contribution in [0.25, 0.3) is 6.08 Å². The molecule has 1 amide bonds. The van der Waals surface area contributed by atoms with Gasteiger partial charge in [0.25, 0.3) is 5.91 Å². The van der Waals surface area contributed by atoms with Gasteiger partial charge in [-0.05, 0) is 29.7 Å². The third-order valence-electron chi connectivity index (χ3n) is 3.21. The molecule has 0 spiro atoms. The van der Waals surface area contributed by atoms with Crippen LogP contribution in [-0.2, 0) is 11.2 Å². The number of benzene rings is 1. The topological polar surface area (TPSA) is 33.2 Å². The second-order valence-corrected chi connectivity index (χ2v) is 4.47. The van der Waals surface area contributed by atoms with Gasteiger partial charge in [0.05, 0.1) is 0 Å². The number of carbonyl (C=O) groups excluding carboxylic acids is 1. The van der Waals surface area contributed by atoms with Crippen molar-refractivity contribution in [2.24, 2.45) is 0 Å². The lowest BCUT2D eigenvalue weighted by Gasteiger charge is -2.13. The quantitative estimate of drug-likeness (QED) is 0.768. The van der Waals surface area contributed by atoms with Crippen molar-refractivity contribution < 1.29 is 4.79 Å². The fourth-order valence-electron chi connectivity index (χ4n) is 2.24. The zero-order valence-corrected chi connectivity index (χ0v) is 10.5. The van der Waals surface area contributed by atoms with Crippen molar-refractivity contribution in [1.29, 1.82) is 0 Å². The van der Waals surface area contributed by atoms with Crippen molar-refractivity contribution in [1.82, 2.24) is 4.98 Å². The minimum absolute atomic E-state index is 0.0127. The van der Waals surface area contributed by atoms with Crippen molar-refractivity contribution in [3.63, 3.8) is 0 Å². The summed E-state index contributed by atoms with van der Waals surface area (Å²) in [5.41, 5.74) is 2.17. The van der Waals surface area contributed by atoms with Crippen molar-refractivity contribution >= 4 is 17.8 Å². The highest BCUT2D eigenvalue weighted by atomic mass is 16.2. The fourth-order valence-corrected chi connectivity index (χ4v) is 2.24. The molecule has 2 aromatic rings. The van der Waals surface area contributed by atoms with E-state index < -0.39 is 0 Å². The Morgan fingerprint density at radius 1 is 1.16 bits per heavy atom. The first-order chi connectivity index (χ1) is 9.34. The zero-order chi connectivity index (χ0) is 13.1. The summed E-state index contributed by atoms with van der Waals surface area (Å²) >= 11 is 0. The van der Waals surface area contributed by atoms with Gasteiger partial charge in [0, 0.05) is 18.8 Å². The lowest BCUT2D eigenvalue weighted by atomic mass is 10.2.